The summed E-state index contributed by atoms with van der Waals surface area (Å²) in [6, 6.07) is 7.90. The molecule has 2 heterocycles. The lowest BCUT2D eigenvalue weighted by Gasteiger charge is -2.18. The van der Waals surface area contributed by atoms with Crippen LogP contribution in [0.3, 0.4) is 0 Å². The molecule has 106 valence electrons. The van der Waals surface area contributed by atoms with Crippen LogP contribution < -0.4 is 10.6 Å². The average Bonchev–Trinajstić information content (AvgIpc) is 3.07. The molecule has 1 fully saturated rings. The molecule has 0 spiro atoms. The highest BCUT2D eigenvalue weighted by atomic mass is 16.3. The summed E-state index contributed by atoms with van der Waals surface area (Å²) in [6.45, 7) is 6.10. The van der Waals surface area contributed by atoms with Crippen LogP contribution in [0.5, 0.6) is 0 Å². The Hall–Kier alpha value is -1.81. The number of rotatable bonds is 3. The highest BCUT2D eigenvalue weighted by molar-refractivity contribution is 5.96. The minimum Gasteiger partial charge on any atom is -0.451 e. The van der Waals surface area contributed by atoms with E-state index in [1.165, 1.54) is 0 Å². The smallest absolute Gasteiger partial charge is 0.287 e. The lowest BCUT2D eigenvalue weighted by Crippen LogP contribution is -2.38. The molecule has 4 nitrogen and oxygen atoms in total. The minimum absolute atomic E-state index is 0.127. The van der Waals surface area contributed by atoms with E-state index in [2.05, 4.69) is 17.6 Å². The Morgan fingerprint density at radius 2 is 2.30 bits per heavy atom. The number of hydrogen-bond acceptors (Lipinski definition) is 3. The first-order valence-corrected chi connectivity index (χ1v) is 7.15. The molecule has 1 saturated heterocycles. The maximum Gasteiger partial charge on any atom is 0.287 e. The first-order chi connectivity index (χ1) is 9.63. The molecular weight excluding hydrogens is 252 g/mol. The van der Waals surface area contributed by atoms with Crippen LogP contribution in [-0.2, 0) is 0 Å². The summed E-state index contributed by atoms with van der Waals surface area (Å²) in [5.41, 5.74) is 1.92. The van der Waals surface area contributed by atoms with Crippen molar-refractivity contribution in [1.82, 2.24) is 10.6 Å². The van der Waals surface area contributed by atoms with E-state index in [-0.39, 0.29) is 11.9 Å². The largest absolute Gasteiger partial charge is 0.451 e. The second kappa shape index (κ2) is 5.29. The van der Waals surface area contributed by atoms with Crippen molar-refractivity contribution in [1.29, 1.82) is 0 Å². The van der Waals surface area contributed by atoms with Gasteiger partial charge in [0.1, 0.15) is 5.58 Å². The fourth-order valence-electron chi connectivity index (χ4n) is 2.77. The van der Waals surface area contributed by atoms with Gasteiger partial charge in [-0.1, -0.05) is 11.6 Å². The van der Waals surface area contributed by atoms with Crippen molar-refractivity contribution >= 4 is 16.9 Å². The third-order valence-electron chi connectivity index (χ3n) is 4.06. The van der Waals surface area contributed by atoms with Gasteiger partial charge < -0.3 is 15.1 Å². The summed E-state index contributed by atoms with van der Waals surface area (Å²) >= 11 is 0. The van der Waals surface area contributed by atoms with Crippen LogP contribution in [0, 0.1) is 12.8 Å². The van der Waals surface area contributed by atoms with Gasteiger partial charge in [0, 0.05) is 11.4 Å². The normalized spacial score (nSPS) is 20.2. The SMILES string of the molecule is Cc1ccc2oc(C(=O)NC(C)C3CCNC3)cc2c1. The topological polar surface area (TPSA) is 54.3 Å². The average molecular weight is 272 g/mol. The number of nitrogens with one attached hydrogen (secondary N) is 2. The van der Waals surface area contributed by atoms with Crippen LogP contribution in [0.4, 0.5) is 0 Å². The summed E-state index contributed by atoms with van der Waals surface area (Å²) in [4.78, 5) is 12.2. The van der Waals surface area contributed by atoms with E-state index in [1.807, 2.05) is 31.2 Å². The molecule has 2 atom stereocenters. The number of aryl methyl sites for hydroxylation is 1. The summed E-state index contributed by atoms with van der Waals surface area (Å²) in [7, 11) is 0. The fourth-order valence-corrected chi connectivity index (χ4v) is 2.77. The van der Waals surface area contributed by atoms with Gasteiger partial charge >= 0.3 is 0 Å². The third-order valence-corrected chi connectivity index (χ3v) is 4.06. The predicted molar refractivity (Wildman–Crippen MR) is 78.9 cm³/mol. The predicted octanol–water partition coefficient (Wildman–Crippen LogP) is 2.47. The van der Waals surface area contributed by atoms with Crippen molar-refractivity contribution in [3.8, 4) is 0 Å². The summed E-state index contributed by atoms with van der Waals surface area (Å²) < 4.78 is 5.62. The van der Waals surface area contributed by atoms with Crippen LogP contribution in [0.25, 0.3) is 11.0 Å². The van der Waals surface area contributed by atoms with Crippen LogP contribution in [0.2, 0.25) is 0 Å². The van der Waals surface area contributed by atoms with Gasteiger partial charge in [0.05, 0.1) is 0 Å². The number of benzene rings is 1. The van der Waals surface area contributed by atoms with Crippen molar-refractivity contribution in [3.05, 3.63) is 35.6 Å². The minimum atomic E-state index is -0.127. The highest BCUT2D eigenvalue weighted by Crippen LogP contribution is 2.21. The number of fused-ring (bicyclic) bond motifs is 1. The van der Waals surface area contributed by atoms with E-state index in [9.17, 15) is 4.79 Å². The third kappa shape index (κ3) is 2.56. The number of amides is 1. The van der Waals surface area contributed by atoms with Crippen molar-refractivity contribution in [2.24, 2.45) is 5.92 Å². The van der Waals surface area contributed by atoms with E-state index < -0.39 is 0 Å². The van der Waals surface area contributed by atoms with Crippen molar-refractivity contribution < 1.29 is 9.21 Å². The molecule has 2 N–H and O–H groups in total. The van der Waals surface area contributed by atoms with Gasteiger partial charge in [-0.3, -0.25) is 4.79 Å². The van der Waals surface area contributed by atoms with E-state index in [1.54, 1.807) is 0 Å². The molecule has 0 bridgehead atoms. The highest BCUT2D eigenvalue weighted by Gasteiger charge is 2.24. The molecule has 1 aromatic carbocycles. The number of carbonyl (C=O) groups excluding carboxylic acids is 1. The molecule has 3 rings (SSSR count). The first kappa shape index (κ1) is 13.2. The van der Waals surface area contributed by atoms with Crippen LogP contribution >= 0.6 is 0 Å². The summed E-state index contributed by atoms with van der Waals surface area (Å²) in [5, 5.41) is 7.34. The molecule has 4 heteroatoms. The molecular formula is C16H20N2O2. The van der Waals surface area contributed by atoms with E-state index >= 15 is 0 Å². The molecule has 0 saturated carbocycles. The monoisotopic (exact) mass is 272 g/mol. The van der Waals surface area contributed by atoms with Crippen LogP contribution in [-0.4, -0.2) is 25.0 Å². The van der Waals surface area contributed by atoms with Crippen molar-refractivity contribution in [2.75, 3.05) is 13.1 Å². The Balaban J connectivity index is 1.74. The fraction of sp³-hybridized carbons (Fsp3) is 0.438. The van der Waals surface area contributed by atoms with Crippen LogP contribution in [0.15, 0.2) is 28.7 Å². The van der Waals surface area contributed by atoms with Gasteiger partial charge in [-0.05, 0) is 57.5 Å². The maximum absolute atomic E-state index is 12.2. The molecule has 0 radical (unpaired) electrons. The Bertz CT molecular complexity index is 626. The second-order valence-electron chi connectivity index (χ2n) is 5.67. The molecule has 2 aromatic rings. The number of furan rings is 1. The Morgan fingerprint density at radius 3 is 3.05 bits per heavy atom. The lowest BCUT2D eigenvalue weighted by molar-refractivity contribution is 0.0903. The lowest BCUT2D eigenvalue weighted by atomic mass is 10.0. The number of hydrogen-bond donors (Lipinski definition) is 2. The van der Waals surface area contributed by atoms with Gasteiger partial charge in [-0.15, -0.1) is 0 Å². The molecule has 1 amide bonds. The Labute approximate surface area is 118 Å². The Kier molecular flexibility index (Phi) is 3.49. The molecule has 20 heavy (non-hydrogen) atoms. The molecule has 0 aliphatic carbocycles. The molecule has 1 aliphatic rings. The zero-order valence-corrected chi connectivity index (χ0v) is 11.9. The van der Waals surface area contributed by atoms with Gasteiger partial charge in [-0.25, -0.2) is 0 Å². The van der Waals surface area contributed by atoms with Gasteiger partial charge in [0.15, 0.2) is 5.76 Å². The maximum atomic E-state index is 12.2. The van der Waals surface area contributed by atoms with Gasteiger partial charge in [0.25, 0.3) is 5.91 Å². The van der Waals surface area contributed by atoms with E-state index in [0.29, 0.717) is 11.7 Å². The molecule has 1 aliphatic heterocycles. The zero-order valence-electron chi connectivity index (χ0n) is 11.9. The zero-order chi connectivity index (χ0) is 14.1. The summed E-state index contributed by atoms with van der Waals surface area (Å²) in [5.74, 6) is 0.771. The second-order valence-corrected chi connectivity index (χ2v) is 5.67. The van der Waals surface area contributed by atoms with Crippen LogP contribution in [0.1, 0.15) is 29.5 Å². The standard InChI is InChI=1S/C16H20N2O2/c1-10-3-4-14-13(7-10)8-15(20-14)16(19)18-11(2)12-5-6-17-9-12/h3-4,7-8,11-12,17H,5-6,9H2,1-2H3,(H,18,19). The number of carbonyl (C=O) groups is 1. The van der Waals surface area contributed by atoms with E-state index in [0.717, 1.165) is 36.0 Å². The van der Waals surface area contributed by atoms with Crippen molar-refractivity contribution in [2.45, 2.75) is 26.3 Å². The molecule has 1 aromatic heterocycles. The van der Waals surface area contributed by atoms with E-state index in [4.69, 9.17) is 4.42 Å². The van der Waals surface area contributed by atoms with Gasteiger partial charge in [-0.2, -0.15) is 0 Å². The first-order valence-electron chi connectivity index (χ1n) is 7.15. The van der Waals surface area contributed by atoms with Gasteiger partial charge in [0.2, 0.25) is 0 Å². The molecule has 2 unspecified atom stereocenters. The quantitative estimate of drug-likeness (QED) is 0.902. The summed E-state index contributed by atoms with van der Waals surface area (Å²) in [6.07, 6.45) is 1.11. The van der Waals surface area contributed by atoms with Crippen molar-refractivity contribution in [3.63, 3.8) is 0 Å². The Morgan fingerprint density at radius 1 is 1.45 bits per heavy atom.